The van der Waals surface area contributed by atoms with E-state index in [0.717, 1.165) is 30.9 Å². The van der Waals surface area contributed by atoms with Gasteiger partial charge in [0.05, 0.1) is 25.0 Å². The summed E-state index contributed by atoms with van der Waals surface area (Å²) in [5.41, 5.74) is 0. The average molecular weight is 241 g/mol. The van der Waals surface area contributed by atoms with Crippen LogP contribution in [0.2, 0.25) is 0 Å². The number of hydrogen-bond donors (Lipinski definition) is 0. The van der Waals surface area contributed by atoms with Crippen LogP contribution in [0.15, 0.2) is 24.7 Å². The van der Waals surface area contributed by atoms with Gasteiger partial charge in [0, 0.05) is 6.42 Å². The zero-order valence-corrected chi connectivity index (χ0v) is 11.8. The van der Waals surface area contributed by atoms with Gasteiger partial charge in [-0.2, -0.15) is 0 Å². The molecule has 0 fully saturated rings. The summed E-state index contributed by atoms with van der Waals surface area (Å²) < 4.78 is 10.7. The fourth-order valence-corrected chi connectivity index (χ4v) is 1.55. The molecule has 0 aromatic carbocycles. The second kappa shape index (κ2) is 9.11. The summed E-state index contributed by atoms with van der Waals surface area (Å²) in [6, 6.07) is 0.246. The van der Waals surface area contributed by atoms with E-state index in [-0.39, 0.29) is 6.04 Å². The van der Waals surface area contributed by atoms with E-state index in [0.29, 0.717) is 13.2 Å². The van der Waals surface area contributed by atoms with Crippen molar-refractivity contribution in [2.24, 2.45) is 0 Å². The van der Waals surface area contributed by atoms with E-state index in [1.54, 1.807) is 0 Å². The van der Waals surface area contributed by atoms with Crippen molar-refractivity contribution in [3.8, 4) is 0 Å². The molecule has 0 aliphatic heterocycles. The molecule has 0 N–H and O–H groups in total. The first-order valence-corrected chi connectivity index (χ1v) is 6.35. The van der Waals surface area contributed by atoms with Crippen molar-refractivity contribution in [3.63, 3.8) is 0 Å². The van der Waals surface area contributed by atoms with Crippen LogP contribution < -0.4 is 0 Å². The van der Waals surface area contributed by atoms with Crippen LogP contribution in [0.25, 0.3) is 0 Å². The van der Waals surface area contributed by atoms with Gasteiger partial charge in [0.25, 0.3) is 0 Å². The molecule has 0 spiro atoms. The second-order valence-corrected chi connectivity index (χ2v) is 4.13. The first-order chi connectivity index (χ1) is 8.02. The summed E-state index contributed by atoms with van der Waals surface area (Å²) in [6.45, 7) is 16.2. The lowest BCUT2D eigenvalue weighted by molar-refractivity contribution is 0.153. The van der Waals surface area contributed by atoms with E-state index in [1.807, 2.05) is 13.8 Å². The van der Waals surface area contributed by atoms with Crippen LogP contribution in [0.4, 0.5) is 0 Å². The van der Waals surface area contributed by atoms with Gasteiger partial charge in [0.2, 0.25) is 0 Å². The molecule has 100 valence electrons. The van der Waals surface area contributed by atoms with Crippen LogP contribution in [0.3, 0.4) is 0 Å². The van der Waals surface area contributed by atoms with Crippen LogP contribution in [0.5, 0.6) is 0 Å². The molecular formula is C14H27NO2. The van der Waals surface area contributed by atoms with Gasteiger partial charge in [0.15, 0.2) is 0 Å². The van der Waals surface area contributed by atoms with Crippen molar-refractivity contribution >= 4 is 0 Å². The van der Waals surface area contributed by atoms with Gasteiger partial charge in [-0.1, -0.05) is 13.2 Å². The highest BCUT2D eigenvalue weighted by molar-refractivity contribution is 4.95. The summed E-state index contributed by atoms with van der Waals surface area (Å²) in [5.74, 6) is 1.70. The molecule has 0 aromatic rings. The smallest absolute Gasteiger partial charge is 0.106 e. The molecule has 0 rings (SSSR count). The van der Waals surface area contributed by atoms with Crippen LogP contribution >= 0.6 is 0 Å². The van der Waals surface area contributed by atoms with Gasteiger partial charge >= 0.3 is 0 Å². The summed E-state index contributed by atoms with van der Waals surface area (Å²) in [7, 11) is 2.08. The molecule has 3 heteroatoms. The van der Waals surface area contributed by atoms with Crippen LogP contribution in [0.1, 0.15) is 33.6 Å². The number of rotatable bonds is 10. The standard InChI is InChI=1S/C14H27NO2/c1-7-16-12(3)10-9-11-15(6)13(4)14(5)17-8-2/h13H,3,5,7-11H2,1-2,4,6H3/t13-/m0/s1. The zero-order chi connectivity index (χ0) is 13.3. The van der Waals surface area contributed by atoms with Gasteiger partial charge in [-0.15, -0.1) is 0 Å². The van der Waals surface area contributed by atoms with E-state index in [2.05, 4.69) is 32.0 Å². The van der Waals surface area contributed by atoms with Gasteiger partial charge in [-0.05, 0) is 40.8 Å². The SMILES string of the molecule is C=C(CCCN(C)[C@@H](C)C(=C)OCC)OCC. The van der Waals surface area contributed by atoms with Crippen molar-refractivity contribution < 1.29 is 9.47 Å². The molecular weight excluding hydrogens is 214 g/mol. The average Bonchev–Trinajstić information content (AvgIpc) is 2.28. The maximum absolute atomic E-state index is 5.41. The van der Waals surface area contributed by atoms with Crippen molar-refractivity contribution in [2.45, 2.75) is 39.7 Å². The van der Waals surface area contributed by atoms with Crippen molar-refractivity contribution in [2.75, 3.05) is 26.8 Å². The zero-order valence-electron chi connectivity index (χ0n) is 11.8. The Morgan fingerprint density at radius 3 is 2.29 bits per heavy atom. The predicted octanol–water partition coefficient (Wildman–Crippen LogP) is 3.19. The number of nitrogens with zero attached hydrogens (tertiary/aromatic N) is 1. The number of allylic oxidation sites excluding steroid dienone is 1. The van der Waals surface area contributed by atoms with Crippen molar-refractivity contribution in [1.29, 1.82) is 0 Å². The minimum absolute atomic E-state index is 0.246. The summed E-state index contributed by atoms with van der Waals surface area (Å²) >= 11 is 0. The summed E-state index contributed by atoms with van der Waals surface area (Å²) in [5, 5.41) is 0. The minimum atomic E-state index is 0.246. The summed E-state index contributed by atoms with van der Waals surface area (Å²) in [6.07, 6.45) is 1.95. The number of hydrogen-bond acceptors (Lipinski definition) is 3. The molecule has 0 aromatic heterocycles. The summed E-state index contributed by atoms with van der Waals surface area (Å²) in [4.78, 5) is 2.23. The fourth-order valence-electron chi connectivity index (χ4n) is 1.55. The molecule has 0 amide bonds. The fraction of sp³-hybridized carbons (Fsp3) is 0.714. The molecule has 17 heavy (non-hydrogen) atoms. The number of likely N-dealkylation sites (N-methyl/N-ethyl adjacent to an activating group) is 1. The van der Waals surface area contributed by atoms with E-state index < -0.39 is 0 Å². The Morgan fingerprint density at radius 1 is 1.18 bits per heavy atom. The molecule has 0 saturated heterocycles. The third kappa shape index (κ3) is 7.05. The molecule has 0 radical (unpaired) electrons. The highest BCUT2D eigenvalue weighted by Crippen LogP contribution is 2.11. The topological polar surface area (TPSA) is 21.7 Å². The quantitative estimate of drug-likeness (QED) is 0.548. The van der Waals surface area contributed by atoms with E-state index in [1.165, 1.54) is 0 Å². The third-order valence-corrected chi connectivity index (χ3v) is 2.77. The highest BCUT2D eigenvalue weighted by atomic mass is 16.5. The van der Waals surface area contributed by atoms with E-state index >= 15 is 0 Å². The molecule has 0 aliphatic rings. The molecule has 0 saturated carbocycles. The number of ether oxygens (including phenoxy) is 2. The van der Waals surface area contributed by atoms with Gasteiger partial charge in [-0.3, -0.25) is 4.90 Å². The van der Waals surface area contributed by atoms with Gasteiger partial charge in [-0.25, -0.2) is 0 Å². The van der Waals surface area contributed by atoms with Crippen LogP contribution in [0, 0.1) is 0 Å². The minimum Gasteiger partial charge on any atom is -0.499 e. The van der Waals surface area contributed by atoms with Gasteiger partial charge < -0.3 is 9.47 Å². The Labute approximate surface area is 106 Å². The Kier molecular flexibility index (Phi) is 8.60. The van der Waals surface area contributed by atoms with Crippen LogP contribution in [-0.4, -0.2) is 37.7 Å². The molecule has 0 unspecified atom stereocenters. The van der Waals surface area contributed by atoms with Crippen LogP contribution in [-0.2, 0) is 9.47 Å². The molecule has 0 aliphatic carbocycles. The lowest BCUT2D eigenvalue weighted by Crippen LogP contribution is -2.32. The normalized spacial score (nSPS) is 12.3. The maximum Gasteiger partial charge on any atom is 0.106 e. The second-order valence-electron chi connectivity index (χ2n) is 4.13. The monoisotopic (exact) mass is 241 g/mol. The largest absolute Gasteiger partial charge is 0.499 e. The highest BCUT2D eigenvalue weighted by Gasteiger charge is 2.13. The molecule has 3 nitrogen and oxygen atoms in total. The predicted molar refractivity (Wildman–Crippen MR) is 72.9 cm³/mol. The first-order valence-electron chi connectivity index (χ1n) is 6.35. The molecule has 0 heterocycles. The third-order valence-electron chi connectivity index (χ3n) is 2.77. The van der Waals surface area contributed by atoms with Crippen molar-refractivity contribution in [3.05, 3.63) is 24.7 Å². The van der Waals surface area contributed by atoms with E-state index in [9.17, 15) is 0 Å². The molecule has 0 bridgehead atoms. The van der Waals surface area contributed by atoms with E-state index in [4.69, 9.17) is 9.47 Å². The van der Waals surface area contributed by atoms with Crippen molar-refractivity contribution in [1.82, 2.24) is 4.90 Å². The maximum atomic E-state index is 5.41. The Bertz CT molecular complexity index is 238. The lowest BCUT2D eigenvalue weighted by atomic mass is 10.2. The van der Waals surface area contributed by atoms with Gasteiger partial charge in [0.1, 0.15) is 5.76 Å². The Balaban J connectivity index is 3.81. The Morgan fingerprint density at radius 2 is 1.76 bits per heavy atom. The Hall–Kier alpha value is -0.960. The molecule has 1 atom stereocenters. The first kappa shape index (κ1) is 16.0. The lowest BCUT2D eigenvalue weighted by Gasteiger charge is -2.26.